The maximum atomic E-state index is 12.3. The van der Waals surface area contributed by atoms with E-state index in [1.165, 1.54) is 4.90 Å². The van der Waals surface area contributed by atoms with Crippen LogP contribution in [0.25, 0.3) is 0 Å². The Bertz CT molecular complexity index is 541. The predicted octanol–water partition coefficient (Wildman–Crippen LogP) is 1.03. The lowest BCUT2D eigenvalue weighted by atomic mass is 10.1. The second-order valence-corrected chi connectivity index (χ2v) is 5.43. The number of carbonyl (C=O) groups excluding carboxylic acids is 2. The molecule has 0 bridgehead atoms. The minimum absolute atomic E-state index is 0.130. The lowest BCUT2D eigenvalue weighted by molar-refractivity contribution is 0.00860. The third-order valence-corrected chi connectivity index (χ3v) is 4.00. The van der Waals surface area contributed by atoms with E-state index in [2.05, 4.69) is 21.2 Å². The van der Waals surface area contributed by atoms with Crippen molar-refractivity contribution in [3.63, 3.8) is 0 Å². The Morgan fingerprint density at radius 1 is 1.37 bits per heavy atom. The summed E-state index contributed by atoms with van der Waals surface area (Å²) >= 11 is 3.32. The number of morpholine rings is 1. The van der Waals surface area contributed by atoms with Gasteiger partial charge in [-0.2, -0.15) is 0 Å². The zero-order chi connectivity index (χ0) is 13.4. The fourth-order valence-corrected chi connectivity index (χ4v) is 2.93. The Labute approximate surface area is 119 Å². The molecule has 1 fully saturated rings. The van der Waals surface area contributed by atoms with Crippen molar-refractivity contribution in [1.82, 2.24) is 10.2 Å². The van der Waals surface area contributed by atoms with Crippen LogP contribution in [0.1, 0.15) is 20.7 Å². The van der Waals surface area contributed by atoms with Crippen LogP contribution in [-0.2, 0) is 4.74 Å². The van der Waals surface area contributed by atoms with E-state index < -0.39 is 0 Å². The standard InChI is InChI=1S/C13H13BrN2O3/c14-10-3-1-2-9-11(10)13(18)16(12(9)17)7-8-6-15-4-5-19-8/h1-3,8,15H,4-7H2. The summed E-state index contributed by atoms with van der Waals surface area (Å²) in [6, 6.07) is 5.21. The Hall–Kier alpha value is -1.24. The van der Waals surface area contributed by atoms with E-state index in [-0.39, 0.29) is 17.9 Å². The monoisotopic (exact) mass is 324 g/mol. The summed E-state index contributed by atoms with van der Waals surface area (Å²) in [7, 11) is 0. The highest BCUT2D eigenvalue weighted by molar-refractivity contribution is 9.10. The van der Waals surface area contributed by atoms with Crippen LogP contribution in [-0.4, -0.2) is 49.1 Å². The van der Waals surface area contributed by atoms with Gasteiger partial charge in [0.05, 0.1) is 30.4 Å². The van der Waals surface area contributed by atoms with Gasteiger partial charge >= 0.3 is 0 Å². The maximum Gasteiger partial charge on any atom is 0.262 e. The van der Waals surface area contributed by atoms with Gasteiger partial charge in [-0.3, -0.25) is 14.5 Å². The molecule has 0 radical (unpaired) electrons. The number of hydrogen-bond acceptors (Lipinski definition) is 4. The van der Waals surface area contributed by atoms with Crippen molar-refractivity contribution in [2.75, 3.05) is 26.2 Å². The fourth-order valence-electron chi connectivity index (χ4n) is 2.40. The average Bonchev–Trinajstić information content (AvgIpc) is 2.66. The molecule has 5 nitrogen and oxygen atoms in total. The number of ether oxygens (including phenoxy) is 1. The molecule has 3 rings (SSSR count). The number of carbonyl (C=O) groups is 2. The van der Waals surface area contributed by atoms with Gasteiger partial charge in [0.25, 0.3) is 11.8 Å². The highest BCUT2D eigenvalue weighted by Crippen LogP contribution is 2.29. The minimum atomic E-state index is -0.248. The van der Waals surface area contributed by atoms with Crippen molar-refractivity contribution in [1.29, 1.82) is 0 Å². The molecule has 1 aromatic rings. The quantitative estimate of drug-likeness (QED) is 0.826. The molecule has 19 heavy (non-hydrogen) atoms. The minimum Gasteiger partial charge on any atom is -0.374 e. The van der Waals surface area contributed by atoms with E-state index in [1.54, 1.807) is 18.2 Å². The van der Waals surface area contributed by atoms with Crippen LogP contribution >= 0.6 is 15.9 Å². The first-order chi connectivity index (χ1) is 9.18. The van der Waals surface area contributed by atoms with Gasteiger partial charge in [-0.05, 0) is 28.1 Å². The number of fused-ring (bicyclic) bond motifs is 1. The molecule has 2 heterocycles. The highest BCUT2D eigenvalue weighted by Gasteiger charge is 2.38. The van der Waals surface area contributed by atoms with Gasteiger partial charge in [0.2, 0.25) is 0 Å². The summed E-state index contributed by atoms with van der Waals surface area (Å²) in [4.78, 5) is 25.8. The van der Waals surface area contributed by atoms with Crippen LogP contribution in [0.5, 0.6) is 0 Å². The van der Waals surface area contributed by atoms with Crippen LogP contribution < -0.4 is 5.32 Å². The number of rotatable bonds is 2. The first kappa shape index (κ1) is 12.8. The summed E-state index contributed by atoms with van der Waals surface area (Å²) in [5.41, 5.74) is 0.916. The third-order valence-electron chi connectivity index (χ3n) is 3.34. The molecule has 1 N–H and O–H groups in total. The summed E-state index contributed by atoms with van der Waals surface area (Å²) in [5.74, 6) is -0.489. The number of hydrogen-bond donors (Lipinski definition) is 1. The predicted molar refractivity (Wildman–Crippen MR) is 72.1 cm³/mol. The molecule has 2 aliphatic heterocycles. The summed E-state index contributed by atoms with van der Waals surface area (Å²) in [5, 5.41) is 3.19. The van der Waals surface area contributed by atoms with Gasteiger partial charge in [0, 0.05) is 17.6 Å². The fraction of sp³-hybridized carbons (Fsp3) is 0.385. The normalized spacial score (nSPS) is 22.8. The first-order valence-corrected chi connectivity index (χ1v) is 6.95. The lowest BCUT2D eigenvalue weighted by Gasteiger charge is -2.26. The number of nitrogens with zero attached hydrogens (tertiary/aromatic N) is 1. The van der Waals surface area contributed by atoms with Crippen molar-refractivity contribution in [2.45, 2.75) is 6.10 Å². The van der Waals surface area contributed by atoms with Crippen LogP contribution in [0.4, 0.5) is 0 Å². The van der Waals surface area contributed by atoms with E-state index in [0.717, 1.165) is 6.54 Å². The van der Waals surface area contributed by atoms with E-state index in [4.69, 9.17) is 4.74 Å². The van der Waals surface area contributed by atoms with Gasteiger partial charge in [0.1, 0.15) is 0 Å². The Morgan fingerprint density at radius 3 is 2.89 bits per heavy atom. The van der Waals surface area contributed by atoms with Crippen LogP contribution in [0.3, 0.4) is 0 Å². The average molecular weight is 325 g/mol. The van der Waals surface area contributed by atoms with Crippen molar-refractivity contribution < 1.29 is 14.3 Å². The number of amides is 2. The highest BCUT2D eigenvalue weighted by atomic mass is 79.9. The molecule has 1 aromatic carbocycles. The Balaban J connectivity index is 1.84. The molecule has 100 valence electrons. The molecule has 2 amide bonds. The van der Waals surface area contributed by atoms with Gasteiger partial charge in [0.15, 0.2) is 0 Å². The van der Waals surface area contributed by atoms with E-state index >= 15 is 0 Å². The van der Waals surface area contributed by atoms with Crippen molar-refractivity contribution >= 4 is 27.7 Å². The van der Waals surface area contributed by atoms with Crippen molar-refractivity contribution in [3.8, 4) is 0 Å². The zero-order valence-corrected chi connectivity index (χ0v) is 11.8. The molecule has 1 saturated heterocycles. The van der Waals surface area contributed by atoms with Crippen molar-refractivity contribution in [3.05, 3.63) is 33.8 Å². The second-order valence-electron chi connectivity index (χ2n) is 4.58. The van der Waals surface area contributed by atoms with Gasteiger partial charge in [-0.1, -0.05) is 6.07 Å². The smallest absolute Gasteiger partial charge is 0.262 e. The molecule has 1 atom stereocenters. The molecule has 6 heteroatoms. The molecular weight excluding hydrogens is 312 g/mol. The van der Waals surface area contributed by atoms with Crippen LogP contribution in [0.2, 0.25) is 0 Å². The van der Waals surface area contributed by atoms with Gasteiger partial charge in [-0.15, -0.1) is 0 Å². The molecule has 0 saturated carbocycles. The van der Waals surface area contributed by atoms with E-state index in [0.29, 0.717) is 35.3 Å². The van der Waals surface area contributed by atoms with Crippen LogP contribution in [0.15, 0.2) is 22.7 Å². The third kappa shape index (κ3) is 2.20. The first-order valence-electron chi connectivity index (χ1n) is 6.15. The van der Waals surface area contributed by atoms with Gasteiger partial charge < -0.3 is 10.1 Å². The maximum absolute atomic E-state index is 12.3. The second kappa shape index (κ2) is 5.03. The molecular formula is C13H13BrN2O3. The zero-order valence-electron chi connectivity index (χ0n) is 10.2. The van der Waals surface area contributed by atoms with Crippen molar-refractivity contribution in [2.24, 2.45) is 0 Å². The number of imide groups is 1. The number of benzene rings is 1. The molecule has 0 spiro atoms. The molecule has 2 aliphatic rings. The number of nitrogens with one attached hydrogen (secondary N) is 1. The topological polar surface area (TPSA) is 58.6 Å². The van der Waals surface area contributed by atoms with E-state index in [9.17, 15) is 9.59 Å². The molecule has 0 aliphatic carbocycles. The summed E-state index contributed by atoms with van der Waals surface area (Å²) < 4.78 is 6.21. The largest absolute Gasteiger partial charge is 0.374 e. The molecule has 1 unspecified atom stereocenters. The summed E-state index contributed by atoms with van der Waals surface area (Å²) in [6.45, 7) is 2.38. The van der Waals surface area contributed by atoms with Crippen LogP contribution in [0, 0.1) is 0 Å². The Kier molecular flexibility index (Phi) is 3.38. The SMILES string of the molecule is O=C1c2cccc(Br)c2C(=O)N1CC1CNCCO1. The lowest BCUT2D eigenvalue weighted by Crippen LogP contribution is -2.46. The summed E-state index contributed by atoms with van der Waals surface area (Å²) in [6.07, 6.45) is -0.130. The number of halogens is 1. The molecule has 0 aromatic heterocycles. The Morgan fingerprint density at radius 2 is 2.21 bits per heavy atom. The van der Waals surface area contributed by atoms with E-state index in [1.807, 2.05) is 0 Å². The van der Waals surface area contributed by atoms with Gasteiger partial charge in [-0.25, -0.2) is 0 Å².